The number of nitrogens with two attached hydrogens (primary N) is 1. The Morgan fingerprint density at radius 2 is 2.07 bits per heavy atom. The van der Waals surface area contributed by atoms with E-state index in [0.29, 0.717) is 6.54 Å². The fourth-order valence-electron chi connectivity index (χ4n) is 1.19. The molecule has 0 spiro atoms. The Hall–Kier alpha value is -1.39. The predicted octanol–water partition coefficient (Wildman–Crippen LogP) is -0.335. The van der Waals surface area contributed by atoms with Crippen LogP contribution in [0.2, 0.25) is 0 Å². The zero-order chi connectivity index (χ0) is 11.1. The first-order chi connectivity index (χ1) is 7.24. The maximum Gasteiger partial charge on any atom is 0.239 e. The molecule has 1 aromatic rings. The van der Waals surface area contributed by atoms with Crippen molar-refractivity contribution in [3.63, 3.8) is 0 Å². The van der Waals surface area contributed by atoms with Gasteiger partial charge in [-0.05, 0) is 12.0 Å². The first-order valence-electron chi connectivity index (χ1n) is 4.92. The van der Waals surface area contributed by atoms with E-state index in [9.17, 15) is 4.79 Å². The van der Waals surface area contributed by atoms with Gasteiger partial charge in [0.1, 0.15) is 6.04 Å². The number of aliphatic hydroxyl groups is 1. The van der Waals surface area contributed by atoms with Crippen LogP contribution in [-0.2, 0) is 11.2 Å². The van der Waals surface area contributed by atoms with Gasteiger partial charge in [0.25, 0.3) is 0 Å². The molecule has 1 rings (SSSR count). The Morgan fingerprint density at radius 3 is 2.67 bits per heavy atom. The molecule has 0 bridgehead atoms. The minimum Gasteiger partial charge on any atom is -0.394 e. The number of carbonyl (C=O) groups is 1. The summed E-state index contributed by atoms with van der Waals surface area (Å²) in [4.78, 5) is 11.2. The molecule has 0 aliphatic rings. The first-order valence-corrected chi connectivity index (χ1v) is 4.92. The maximum atomic E-state index is 11.2. The first kappa shape index (κ1) is 11.7. The molecule has 1 unspecified atom stereocenters. The Morgan fingerprint density at radius 1 is 1.40 bits per heavy atom. The number of hydrogen-bond acceptors (Lipinski definition) is 3. The summed E-state index contributed by atoms with van der Waals surface area (Å²) in [5.74, 6) is -0.312. The molecule has 0 aliphatic heterocycles. The molecular formula is C11H16N2O2. The molecule has 0 saturated carbocycles. The third-order valence-electron chi connectivity index (χ3n) is 2.09. The zero-order valence-corrected chi connectivity index (χ0v) is 8.52. The molecule has 0 fully saturated rings. The van der Waals surface area contributed by atoms with Crippen LogP contribution in [0.5, 0.6) is 0 Å². The molecule has 1 atom stereocenters. The molecule has 1 amide bonds. The van der Waals surface area contributed by atoms with Gasteiger partial charge in [0.05, 0.1) is 6.61 Å². The summed E-state index contributed by atoms with van der Waals surface area (Å²) in [6.07, 6.45) is 0.769. The summed E-state index contributed by atoms with van der Waals surface area (Å²) in [7, 11) is 0. The normalized spacial score (nSPS) is 12.1. The molecule has 1 aromatic carbocycles. The van der Waals surface area contributed by atoms with Gasteiger partial charge in [-0.2, -0.15) is 0 Å². The molecule has 0 aromatic heterocycles. The van der Waals surface area contributed by atoms with Crippen molar-refractivity contribution in [3.8, 4) is 0 Å². The number of carbonyl (C=O) groups excluding carboxylic acids is 1. The van der Waals surface area contributed by atoms with Crippen LogP contribution in [0.3, 0.4) is 0 Å². The van der Waals surface area contributed by atoms with Crippen LogP contribution >= 0.6 is 0 Å². The summed E-state index contributed by atoms with van der Waals surface area (Å²) < 4.78 is 0. The van der Waals surface area contributed by atoms with Crippen LogP contribution < -0.4 is 11.1 Å². The molecule has 4 N–H and O–H groups in total. The van der Waals surface area contributed by atoms with Crippen molar-refractivity contribution < 1.29 is 9.90 Å². The van der Waals surface area contributed by atoms with Crippen LogP contribution in [-0.4, -0.2) is 30.2 Å². The van der Waals surface area contributed by atoms with E-state index in [-0.39, 0.29) is 12.5 Å². The highest BCUT2D eigenvalue weighted by atomic mass is 16.3. The lowest BCUT2D eigenvalue weighted by Gasteiger charge is -2.09. The highest BCUT2D eigenvalue weighted by molar-refractivity contribution is 5.81. The fraction of sp³-hybridized carbons (Fsp3) is 0.364. The highest BCUT2D eigenvalue weighted by Crippen LogP contribution is 1.97. The van der Waals surface area contributed by atoms with Gasteiger partial charge in [0.15, 0.2) is 0 Å². The SMILES string of the molecule is NC(CO)C(=O)NCCc1ccccc1. The summed E-state index contributed by atoms with van der Waals surface area (Å²) in [5.41, 5.74) is 6.50. The van der Waals surface area contributed by atoms with Gasteiger partial charge in [-0.15, -0.1) is 0 Å². The van der Waals surface area contributed by atoms with Gasteiger partial charge in [-0.3, -0.25) is 4.79 Å². The molecule has 0 aliphatic carbocycles. The van der Waals surface area contributed by atoms with Crippen molar-refractivity contribution in [2.45, 2.75) is 12.5 Å². The van der Waals surface area contributed by atoms with Crippen molar-refractivity contribution in [3.05, 3.63) is 35.9 Å². The average Bonchev–Trinajstić information content (AvgIpc) is 2.29. The summed E-state index contributed by atoms with van der Waals surface area (Å²) in [5, 5.41) is 11.3. The molecule has 15 heavy (non-hydrogen) atoms. The van der Waals surface area contributed by atoms with Crippen LogP contribution in [0, 0.1) is 0 Å². The van der Waals surface area contributed by atoms with Crippen molar-refractivity contribution >= 4 is 5.91 Å². The van der Waals surface area contributed by atoms with Crippen molar-refractivity contribution in [2.24, 2.45) is 5.73 Å². The Labute approximate surface area is 89.1 Å². The van der Waals surface area contributed by atoms with E-state index in [1.165, 1.54) is 0 Å². The molecule has 0 radical (unpaired) electrons. The van der Waals surface area contributed by atoms with Gasteiger partial charge >= 0.3 is 0 Å². The third-order valence-corrected chi connectivity index (χ3v) is 2.09. The lowest BCUT2D eigenvalue weighted by molar-refractivity contribution is -0.123. The van der Waals surface area contributed by atoms with E-state index in [1.807, 2.05) is 30.3 Å². The monoisotopic (exact) mass is 208 g/mol. The van der Waals surface area contributed by atoms with E-state index < -0.39 is 6.04 Å². The second-order valence-electron chi connectivity index (χ2n) is 3.32. The third kappa shape index (κ3) is 4.10. The van der Waals surface area contributed by atoms with Crippen LogP contribution in [0.15, 0.2) is 30.3 Å². The van der Waals surface area contributed by atoms with Gasteiger partial charge in [0.2, 0.25) is 5.91 Å². The fourth-order valence-corrected chi connectivity index (χ4v) is 1.19. The average molecular weight is 208 g/mol. The quantitative estimate of drug-likeness (QED) is 0.620. The van der Waals surface area contributed by atoms with Crippen LogP contribution in [0.4, 0.5) is 0 Å². The van der Waals surface area contributed by atoms with E-state index in [0.717, 1.165) is 12.0 Å². The largest absolute Gasteiger partial charge is 0.394 e. The number of rotatable bonds is 5. The molecule has 82 valence electrons. The topological polar surface area (TPSA) is 75.3 Å². The van der Waals surface area contributed by atoms with Crippen LogP contribution in [0.25, 0.3) is 0 Å². The molecule has 4 heteroatoms. The highest BCUT2D eigenvalue weighted by Gasteiger charge is 2.10. The van der Waals surface area contributed by atoms with E-state index in [1.54, 1.807) is 0 Å². The number of nitrogens with one attached hydrogen (secondary N) is 1. The number of hydrogen-bond donors (Lipinski definition) is 3. The maximum absolute atomic E-state index is 11.2. The summed E-state index contributed by atoms with van der Waals surface area (Å²) in [6, 6.07) is 9.04. The Kier molecular flexibility index (Phi) is 4.80. The molecule has 0 saturated heterocycles. The minimum absolute atomic E-state index is 0.312. The van der Waals surface area contributed by atoms with Gasteiger partial charge < -0.3 is 16.2 Å². The van der Waals surface area contributed by atoms with Gasteiger partial charge in [-0.25, -0.2) is 0 Å². The second kappa shape index (κ2) is 6.16. The van der Waals surface area contributed by atoms with E-state index in [4.69, 9.17) is 10.8 Å². The van der Waals surface area contributed by atoms with Crippen molar-refractivity contribution in [2.75, 3.05) is 13.2 Å². The van der Waals surface area contributed by atoms with Gasteiger partial charge in [0, 0.05) is 6.54 Å². The standard InChI is InChI=1S/C11H16N2O2/c12-10(8-14)11(15)13-7-6-9-4-2-1-3-5-9/h1-5,10,14H,6-8,12H2,(H,13,15). The summed E-state index contributed by atoms with van der Waals surface area (Å²) >= 11 is 0. The lowest BCUT2D eigenvalue weighted by atomic mass is 10.1. The Balaban J connectivity index is 2.25. The Bertz CT molecular complexity index is 301. The molecule has 0 heterocycles. The number of aliphatic hydroxyl groups excluding tert-OH is 1. The van der Waals surface area contributed by atoms with Crippen molar-refractivity contribution in [1.82, 2.24) is 5.32 Å². The van der Waals surface area contributed by atoms with Crippen LogP contribution in [0.1, 0.15) is 5.56 Å². The second-order valence-corrected chi connectivity index (χ2v) is 3.32. The molecular weight excluding hydrogens is 192 g/mol. The predicted molar refractivity (Wildman–Crippen MR) is 58.2 cm³/mol. The van der Waals surface area contributed by atoms with E-state index >= 15 is 0 Å². The van der Waals surface area contributed by atoms with Gasteiger partial charge in [-0.1, -0.05) is 30.3 Å². The smallest absolute Gasteiger partial charge is 0.239 e. The summed E-state index contributed by atoms with van der Waals surface area (Å²) in [6.45, 7) is 0.216. The lowest BCUT2D eigenvalue weighted by Crippen LogP contribution is -2.43. The minimum atomic E-state index is -0.819. The zero-order valence-electron chi connectivity index (χ0n) is 8.52. The molecule has 4 nitrogen and oxygen atoms in total. The number of benzene rings is 1. The van der Waals surface area contributed by atoms with Crippen molar-refractivity contribution in [1.29, 1.82) is 0 Å². The number of amides is 1. The van der Waals surface area contributed by atoms with E-state index in [2.05, 4.69) is 5.32 Å².